The van der Waals surface area contributed by atoms with E-state index in [1.807, 2.05) is 39.0 Å². The highest BCUT2D eigenvalue weighted by Crippen LogP contribution is 2.51. The van der Waals surface area contributed by atoms with Gasteiger partial charge in [0.2, 0.25) is 0 Å². The molecule has 4 heteroatoms. The summed E-state index contributed by atoms with van der Waals surface area (Å²) in [4.78, 5) is 9.44. The molecule has 1 aliphatic carbocycles. The number of hydrogen-bond acceptors (Lipinski definition) is 2. The molecule has 12 rings (SSSR count). The second-order valence-electron chi connectivity index (χ2n) is 15.5. The topological polar surface area (TPSA) is 35.6 Å². The summed E-state index contributed by atoms with van der Waals surface area (Å²) >= 11 is 0. The number of aromatic nitrogens is 4. The monoisotopic (exact) mass is 748 g/mol. The molecule has 0 spiro atoms. The second kappa shape index (κ2) is 14.2. The summed E-state index contributed by atoms with van der Waals surface area (Å²) in [6.45, 7) is 12.9. The minimum absolute atomic E-state index is 0.590. The van der Waals surface area contributed by atoms with Gasteiger partial charge in [0, 0.05) is 51.7 Å². The Hall–Kier alpha value is -7.04. The Balaban J connectivity index is 0.000000273. The Morgan fingerprint density at radius 2 is 1.24 bits per heavy atom. The molecule has 4 heterocycles. The lowest BCUT2D eigenvalue weighted by Crippen LogP contribution is -1.98. The van der Waals surface area contributed by atoms with Crippen molar-refractivity contribution in [2.24, 2.45) is 5.92 Å². The van der Waals surface area contributed by atoms with Crippen molar-refractivity contribution in [3.63, 3.8) is 0 Å². The van der Waals surface area contributed by atoms with E-state index in [1.165, 1.54) is 88.7 Å². The third kappa shape index (κ3) is 5.83. The first-order valence-electron chi connectivity index (χ1n) is 20.2. The van der Waals surface area contributed by atoms with Crippen LogP contribution in [0.1, 0.15) is 42.0 Å². The molecule has 2 atom stereocenters. The fraction of sp³-hybridized carbons (Fsp3) is 0.111. The van der Waals surface area contributed by atoms with Crippen molar-refractivity contribution in [1.29, 1.82) is 0 Å². The molecule has 1 fully saturated rings. The summed E-state index contributed by atoms with van der Waals surface area (Å²) in [5.41, 5.74) is 11.6. The van der Waals surface area contributed by atoms with Gasteiger partial charge >= 0.3 is 0 Å². The summed E-state index contributed by atoms with van der Waals surface area (Å²) in [6.07, 6.45) is 11.6. The Labute approximate surface area is 339 Å². The van der Waals surface area contributed by atoms with E-state index in [0.717, 1.165) is 22.6 Å². The van der Waals surface area contributed by atoms with Crippen LogP contribution in [0.2, 0.25) is 0 Å². The normalized spacial score (nSPS) is 15.2. The number of benzene rings is 7. The smallest absolute Gasteiger partial charge is 0.117 e. The van der Waals surface area contributed by atoms with Crippen LogP contribution >= 0.6 is 0 Å². The lowest BCUT2D eigenvalue weighted by molar-refractivity contribution is 0.845. The SMILES string of the molecule is C1=Cn2cc(-c3ccc4ccc5c(-c6ccc(-n7c8ccccc8c8ccccc87)cc6)ccc6ccc3c4c65)nc2C2CC12.C=CC.C=Cc1ccc(C)nc1C. The van der Waals surface area contributed by atoms with Gasteiger partial charge < -0.3 is 9.13 Å². The minimum atomic E-state index is 0.590. The highest BCUT2D eigenvalue weighted by Gasteiger charge is 2.42. The number of fused-ring (bicyclic) bond motifs is 6. The average molecular weight is 749 g/mol. The fourth-order valence-electron chi connectivity index (χ4n) is 9.04. The van der Waals surface area contributed by atoms with Gasteiger partial charge in [-0.15, -0.1) is 6.58 Å². The van der Waals surface area contributed by atoms with Crippen molar-refractivity contribution in [3.8, 4) is 28.1 Å². The van der Waals surface area contributed by atoms with Crippen LogP contribution in [0.15, 0.2) is 165 Å². The maximum atomic E-state index is 5.17. The van der Waals surface area contributed by atoms with E-state index in [2.05, 4.69) is 167 Å². The fourth-order valence-corrected chi connectivity index (χ4v) is 9.04. The molecule has 1 aliphatic heterocycles. The van der Waals surface area contributed by atoms with Gasteiger partial charge in [-0.25, -0.2) is 4.98 Å². The standard InChI is InChI=1S/C42H27N3.C9H11N.C3H6/c1-3-7-38-32(5-1)33-6-2-4-8-39(33)45(38)29-15-9-25(10-16-29)30-17-11-26-14-20-35-31(18-12-27-13-19-34(30)40(26)41(27)35)37-24-44-22-21-28-23-36(28)42(44)43-37;1-4-9-6-5-7(2)10-8(9)3;1-3-2/h1-22,24,28,36H,23H2;4-6H,1H2,2-3H3;3H,1H2,2H3. The maximum Gasteiger partial charge on any atom is 0.117 e. The Morgan fingerprint density at radius 1 is 0.638 bits per heavy atom. The molecule has 58 heavy (non-hydrogen) atoms. The summed E-state index contributed by atoms with van der Waals surface area (Å²) in [5.74, 6) is 2.49. The predicted octanol–water partition coefficient (Wildman–Crippen LogP) is 14.3. The molecule has 4 nitrogen and oxygen atoms in total. The molecule has 3 aromatic heterocycles. The Morgan fingerprint density at radius 3 is 1.88 bits per heavy atom. The molecule has 2 aliphatic rings. The highest BCUT2D eigenvalue weighted by molar-refractivity contribution is 6.27. The summed E-state index contributed by atoms with van der Waals surface area (Å²) in [6, 6.07) is 48.8. The van der Waals surface area contributed by atoms with Gasteiger partial charge in [0.05, 0.1) is 16.7 Å². The zero-order valence-corrected chi connectivity index (χ0v) is 33.2. The van der Waals surface area contributed by atoms with Gasteiger partial charge in [0.1, 0.15) is 5.82 Å². The van der Waals surface area contributed by atoms with Gasteiger partial charge in [-0.05, 0) is 112 Å². The van der Waals surface area contributed by atoms with Crippen LogP contribution in [0.25, 0.3) is 94.5 Å². The van der Waals surface area contributed by atoms with E-state index in [4.69, 9.17) is 4.98 Å². The molecule has 0 radical (unpaired) electrons. The largest absolute Gasteiger partial charge is 0.310 e. The van der Waals surface area contributed by atoms with Gasteiger partial charge in [-0.3, -0.25) is 4.98 Å². The van der Waals surface area contributed by atoms with Gasteiger partial charge in [-0.2, -0.15) is 0 Å². The minimum Gasteiger partial charge on any atom is -0.310 e. The average Bonchev–Trinajstić information content (AvgIpc) is 3.81. The quantitative estimate of drug-likeness (QED) is 0.133. The molecular weight excluding hydrogens is 705 g/mol. The Kier molecular flexibility index (Phi) is 8.64. The number of para-hydroxylation sites is 2. The number of imidazole rings is 1. The first kappa shape index (κ1) is 35.4. The third-order valence-corrected chi connectivity index (χ3v) is 11.9. The van der Waals surface area contributed by atoms with E-state index in [9.17, 15) is 0 Å². The number of allylic oxidation sites excluding steroid dienone is 2. The van der Waals surface area contributed by atoms with Crippen molar-refractivity contribution in [2.45, 2.75) is 33.1 Å². The summed E-state index contributed by atoms with van der Waals surface area (Å²) in [5, 5.41) is 10.4. The summed E-state index contributed by atoms with van der Waals surface area (Å²) in [7, 11) is 0. The number of hydrogen-bond donors (Lipinski definition) is 0. The van der Waals surface area contributed by atoms with Gasteiger partial charge in [-0.1, -0.05) is 128 Å². The first-order valence-corrected chi connectivity index (χ1v) is 20.2. The van der Waals surface area contributed by atoms with Crippen molar-refractivity contribution < 1.29 is 0 Å². The number of pyridine rings is 1. The van der Waals surface area contributed by atoms with Crippen LogP contribution in [0.4, 0.5) is 0 Å². The summed E-state index contributed by atoms with van der Waals surface area (Å²) < 4.78 is 4.62. The highest BCUT2D eigenvalue weighted by atomic mass is 15.1. The molecule has 2 unspecified atom stereocenters. The van der Waals surface area contributed by atoms with Crippen molar-refractivity contribution in [2.75, 3.05) is 0 Å². The van der Waals surface area contributed by atoms with Crippen LogP contribution < -0.4 is 0 Å². The van der Waals surface area contributed by atoms with E-state index >= 15 is 0 Å². The Bertz CT molecular complexity index is 3170. The predicted molar refractivity (Wildman–Crippen MR) is 247 cm³/mol. The van der Waals surface area contributed by atoms with Crippen molar-refractivity contribution in [1.82, 2.24) is 19.1 Å². The van der Waals surface area contributed by atoms with E-state index < -0.39 is 0 Å². The molecule has 0 bridgehead atoms. The van der Waals surface area contributed by atoms with Gasteiger partial charge in [0.25, 0.3) is 0 Å². The van der Waals surface area contributed by atoms with Gasteiger partial charge in [0.15, 0.2) is 0 Å². The number of nitrogens with zero attached hydrogens (tertiary/aromatic N) is 4. The molecule has 1 saturated carbocycles. The zero-order chi connectivity index (χ0) is 39.5. The van der Waals surface area contributed by atoms with Crippen LogP contribution in [-0.4, -0.2) is 19.1 Å². The van der Waals surface area contributed by atoms with Crippen molar-refractivity contribution in [3.05, 3.63) is 188 Å². The first-order chi connectivity index (χ1) is 28.4. The van der Waals surface area contributed by atoms with Crippen LogP contribution in [-0.2, 0) is 0 Å². The van der Waals surface area contributed by atoms with Crippen molar-refractivity contribution >= 4 is 66.4 Å². The number of aryl methyl sites for hydroxylation is 2. The van der Waals surface area contributed by atoms with E-state index in [-0.39, 0.29) is 0 Å². The zero-order valence-electron chi connectivity index (χ0n) is 33.2. The van der Waals surface area contributed by atoms with Crippen LogP contribution in [0.3, 0.4) is 0 Å². The van der Waals surface area contributed by atoms with Crippen LogP contribution in [0, 0.1) is 19.8 Å². The lowest BCUT2D eigenvalue weighted by atomic mass is 9.88. The molecular formula is C54H44N4. The lowest BCUT2D eigenvalue weighted by Gasteiger charge is -2.16. The third-order valence-electron chi connectivity index (χ3n) is 11.9. The van der Waals surface area contributed by atoms with E-state index in [0.29, 0.717) is 11.8 Å². The molecule has 0 saturated heterocycles. The molecule has 280 valence electrons. The molecule has 0 amide bonds. The number of rotatable bonds is 4. The molecule has 7 aromatic carbocycles. The van der Waals surface area contributed by atoms with E-state index in [1.54, 1.807) is 6.08 Å². The molecule has 10 aromatic rings. The van der Waals surface area contributed by atoms with Crippen LogP contribution in [0.5, 0.6) is 0 Å². The second-order valence-corrected chi connectivity index (χ2v) is 15.5. The maximum absolute atomic E-state index is 5.17. The molecule has 0 N–H and O–H groups in total.